The van der Waals surface area contributed by atoms with Crippen LogP contribution in [-0.4, -0.2) is 20.3 Å². The minimum atomic E-state index is 0.122. The van der Waals surface area contributed by atoms with Gasteiger partial charge < -0.3 is 10.4 Å². The molecule has 0 saturated carbocycles. The molecule has 0 aliphatic heterocycles. The van der Waals surface area contributed by atoms with Crippen molar-refractivity contribution in [2.75, 3.05) is 0 Å². The molecule has 5 heteroatoms. The molecule has 0 bridgehead atoms. The largest absolute Gasteiger partial charge is 0.508 e. The Bertz CT molecular complexity index is 424. The number of aromatic amines is 1. The number of nitrogens with zero attached hydrogens (tertiary/aromatic N) is 2. The molecule has 0 saturated heterocycles. The smallest absolute Gasteiger partial charge is 0.141 e. The van der Waals surface area contributed by atoms with Gasteiger partial charge in [-0.25, -0.2) is 4.98 Å². The lowest BCUT2D eigenvalue weighted by molar-refractivity contribution is 0.474. The van der Waals surface area contributed by atoms with Crippen molar-refractivity contribution in [1.82, 2.24) is 20.5 Å². The fourth-order valence-corrected chi connectivity index (χ4v) is 1.40. The van der Waals surface area contributed by atoms with Gasteiger partial charge in [0.1, 0.15) is 17.9 Å². The van der Waals surface area contributed by atoms with Crippen molar-refractivity contribution in [2.24, 2.45) is 0 Å². The minimum absolute atomic E-state index is 0.122. The maximum Gasteiger partial charge on any atom is 0.141 e. The highest BCUT2D eigenvalue weighted by atomic mass is 16.3. The summed E-state index contributed by atoms with van der Waals surface area (Å²) in [5, 5.41) is 19.1. The van der Waals surface area contributed by atoms with E-state index in [4.69, 9.17) is 5.11 Å². The zero-order valence-corrected chi connectivity index (χ0v) is 9.01. The fraction of sp³-hybridized carbons (Fsp3) is 0.273. The normalized spacial score (nSPS) is 12.6. The monoisotopic (exact) mass is 218 g/mol. The first-order valence-electron chi connectivity index (χ1n) is 5.12. The molecular formula is C11H14N4O. The van der Waals surface area contributed by atoms with Crippen molar-refractivity contribution in [3.05, 3.63) is 42.0 Å². The van der Waals surface area contributed by atoms with Crippen molar-refractivity contribution in [3.8, 4) is 5.75 Å². The third-order valence-electron chi connectivity index (χ3n) is 2.39. The molecule has 3 N–H and O–H groups in total. The Hall–Kier alpha value is -1.88. The Kier molecular flexibility index (Phi) is 3.16. The number of hydrogen-bond donors (Lipinski definition) is 3. The Balaban J connectivity index is 1.90. The Labute approximate surface area is 93.5 Å². The number of rotatable bonds is 4. The van der Waals surface area contributed by atoms with Gasteiger partial charge in [-0.1, -0.05) is 12.1 Å². The lowest BCUT2D eigenvalue weighted by Gasteiger charge is -2.10. The molecule has 1 heterocycles. The summed E-state index contributed by atoms with van der Waals surface area (Å²) in [6, 6.07) is 7.24. The van der Waals surface area contributed by atoms with Crippen molar-refractivity contribution in [3.63, 3.8) is 0 Å². The van der Waals surface area contributed by atoms with Gasteiger partial charge in [0.25, 0.3) is 0 Å². The summed E-state index contributed by atoms with van der Waals surface area (Å²) in [7, 11) is 0. The van der Waals surface area contributed by atoms with E-state index in [0.717, 1.165) is 17.9 Å². The van der Waals surface area contributed by atoms with E-state index in [1.54, 1.807) is 12.1 Å². The topological polar surface area (TPSA) is 73.8 Å². The minimum Gasteiger partial charge on any atom is -0.508 e. The first-order valence-corrected chi connectivity index (χ1v) is 5.12. The van der Waals surface area contributed by atoms with Gasteiger partial charge in [-0.15, -0.1) is 0 Å². The van der Waals surface area contributed by atoms with Gasteiger partial charge in [0.15, 0.2) is 0 Å². The molecule has 1 unspecified atom stereocenters. The number of phenolic OH excluding ortho intramolecular Hbond substituents is 1. The molecule has 5 nitrogen and oxygen atoms in total. The predicted molar refractivity (Wildman–Crippen MR) is 59.7 cm³/mol. The number of aromatic nitrogens is 3. The van der Waals surface area contributed by atoms with Crippen molar-refractivity contribution < 1.29 is 5.11 Å². The fourth-order valence-electron chi connectivity index (χ4n) is 1.40. The van der Waals surface area contributed by atoms with Crippen LogP contribution in [0.1, 0.15) is 24.4 Å². The van der Waals surface area contributed by atoms with Crippen LogP contribution >= 0.6 is 0 Å². The second-order valence-electron chi connectivity index (χ2n) is 3.64. The third kappa shape index (κ3) is 2.58. The van der Waals surface area contributed by atoms with E-state index in [-0.39, 0.29) is 11.8 Å². The van der Waals surface area contributed by atoms with Gasteiger partial charge in [-0.2, -0.15) is 5.10 Å². The van der Waals surface area contributed by atoms with E-state index in [1.807, 2.05) is 19.1 Å². The van der Waals surface area contributed by atoms with Crippen LogP contribution < -0.4 is 5.32 Å². The summed E-state index contributed by atoms with van der Waals surface area (Å²) in [5.74, 6) is 1.10. The molecule has 84 valence electrons. The van der Waals surface area contributed by atoms with Crippen LogP contribution in [0.2, 0.25) is 0 Å². The molecule has 0 spiro atoms. The van der Waals surface area contributed by atoms with E-state index in [0.29, 0.717) is 0 Å². The molecule has 0 radical (unpaired) electrons. The van der Waals surface area contributed by atoms with Gasteiger partial charge in [0, 0.05) is 6.54 Å². The van der Waals surface area contributed by atoms with Crippen LogP contribution in [0.15, 0.2) is 30.6 Å². The zero-order chi connectivity index (χ0) is 11.4. The van der Waals surface area contributed by atoms with Gasteiger partial charge in [-0.05, 0) is 24.6 Å². The van der Waals surface area contributed by atoms with Crippen molar-refractivity contribution in [1.29, 1.82) is 0 Å². The maximum atomic E-state index is 9.14. The highest BCUT2D eigenvalue weighted by molar-refractivity contribution is 5.25. The summed E-state index contributed by atoms with van der Waals surface area (Å²) < 4.78 is 0. The molecule has 1 atom stereocenters. The molecule has 2 aromatic rings. The first-order chi connectivity index (χ1) is 7.75. The SMILES string of the molecule is CC(NCc1ccc(O)cc1)c1ncn[nH]1. The van der Waals surface area contributed by atoms with Crippen LogP contribution in [0.5, 0.6) is 5.75 Å². The van der Waals surface area contributed by atoms with E-state index in [9.17, 15) is 0 Å². The second kappa shape index (κ2) is 4.76. The van der Waals surface area contributed by atoms with E-state index in [1.165, 1.54) is 6.33 Å². The number of H-pyrrole nitrogens is 1. The molecule has 0 aliphatic rings. The predicted octanol–water partition coefficient (Wildman–Crippen LogP) is 1.36. The summed E-state index contributed by atoms with van der Waals surface area (Å²) >= 11 is 0. The molecule has 0 amide bonds. The van der Waals surface area contributed by atoms with Crippen LogP contribution in [0.3, 0.4) is 0 Å². The van der Waals surface area contributed by atoms with Crippen molar-refractivity contribution in [2.45, 2.75) is 19.5 Å². The standard InChI is InChI=1S/C11H14N4O/c1-8(11-13-7-14-15-11)12-6-9-2-4-10(16)5-3-9/h2-5,7-8,12,16H,6H2,1H3,(H,13,14,15). The maximum absolute atomic E-state index is 9.14. The quantitative estimate of drug-likeness (QED) is 0.724. The third-order valence-corrected chi connectivity index (χ3v) is 2.39. The summed E-state index contributed by atoms with van der Waals surface area (Å²) in [5.41, 5.74) is 1.11. The van der Waals surface area contributed by atoms with Gasteiger partial charge >= 0.3 is 0 Å². The highest BCUT2D eigenvalue weighted by Crippen LogP contribution is 2.11. The highest BCUT2D eigenvalue weighted by Gasteiger charge is 2.06. The summed E-state index contributed by atoms with van der Waals surface area (Å²) in [4.78, 5) is 4.07. The van der Waals surface area contributed by atoms with Gasteiger partial charge in [0.2, 0.25) is 0 Å². The zero-order valence-electron chi connectivity index (χ0n) is 9.01. The molecule has 0 fully saturated rings. The average Bonchev–Trinajstić information content (AvgIpc) is 2.81. The molecular weight excluding hydrogens is 204 g/mol. The molecule has 1 aromatic heterocycles. The van der Waals surface area contributed by atoms with Gasteiger partial charge in [-0.3, -0.25) is 5.10 Å². The number of aromatic hydroxyl groups is 1. The Morgan fingerprint density at radius 3 is 2.75 bits per heavy atom. The molecule has 0 aliphatic carbocycles. The van der Waals surface area contributed by atoms with E-state index >= 15 is 0 Å². The number of benzene rings is 1. The summed E-state index contributed by atoms with van der Waals surface area (Å²) in [6.45, 7) is 2.74. The first kappa shape index (κ1) is 10.6. The van der Waals surface area contributed by atoms with Crippen LogP contribution in [-0.2, 0) is 6.54 Å². The molecule has 1 aromatic carbocycles. The number of hydrogen-bond acceptors (Lipinski definition) is 4. The van der Waals surface area contributed by atoms with Crippen LogP contribution in [0.4, 0.5) is 0 Å². The van der Waals surface area contributed by atoms with E-state index < -0.39 is 0 Å². The lowest BCUT2D eigenvalue weighted by Crippen LogP contribution is -2.19. The Morgan fingerprint density at radius 2 is 2.12 bits per heavy atom. The average molecular weight is 218 g/mol. The number of phenols is 1. The van der Waals surface area contributed by atoms with Gasteiger partial charge in [0.05, 0.1) is 6.04 Å². The van der Waals surface area contributed by atoms with Crippen LogP contribution in [0.25, 0.3) is 0 Å². The summed E-state index contributed by atoms with van der Waals surface area (Å²) in [6.07, 6.45) is 1.49. The second-order valence-corrected chi connectivity index (χ2v) is 3.64. The lowest BCUT2D eigenvalue weighted by atomic mass is 10.2. The Morgan fingerprint density at radius 1 is 1.38 bits per heavy atom. The van der Waals surface area contributed by atoms with Crippen LogP contribution in [0, 0.1) is 0 Å². The molecule has 16 heavy (non-hydrogen) atoms. The van der Waals surface area contributed by atoms with E-state index in [2.05, 4.69) is 20.5 Å². The van der Waals surface area contributed by atoms with Crippen molar-refractivity contribution >= 4 is 0 Å². The molecule has 2 rings (SSSR count). The number of nitrogens with one attached hydrogen (secondary N) is 2.